The van der Waals surface area contributed by atoms with Crippen LogP contribution in [-0.4, -0.2) is 13.0 Å². The van der Waals surface area contributed by atoms with Crippen LogP contribution in [-0.2, 0) is 11.3 Å². The van der Waals surface area contributed by atoms with E-state index in [0.717, 1.165) is 17.5 Å². The lowest BCUT2D eigenvalue weighted by atomic mass is 9.95. The molecule has 0 saturated heterocycles. The van der Waals surface area contributed by atoms with E-state index in [4.69, 9.17) is 4.84 Å². The predicted octanol–water partition coefficient (Wildman–Crippen LogP) is 2.88. The molecule has 1 amide bonds. The quantitative estimate of drug-likeness (QED) is 0.853. The van der Waals surface area contributed by atoms with E-state index in [2.05, 4.69) is 17.6 Å². The van der Waals surface area contributed by atoms with Gasteiger partial charge in [-0.05, 0) is 36.1 Å². The van der Waals surface area contributed by atoms with Gasteiger partial charge in [0.05, 0.1) is 7.11 Å². The fraction of sp³-hybridized carbons (Fsp3) is 0.188. The maximum atomic E-state index is 12.0. The van der Waals surface area contributed by atoms with E-state index >= 15 is 0 Å². The maximum absolute atomic E-state index is 12.0. The van der Waals surface area contributed by atoms with Gasteiger partial charge in [0, 0.05) is 5.56 Å². The first-order valence-corrected chi connectivity index (χ1v) is 6.18. The Morgan fingerprint density at radius 2 is 1.84 bits per heavy atom. The second-order valence-corrected chi connectivity index (χ2v) is 4.40. The third kappa shape index (κ3) is 3.20. The molecule has 98 valence electrons. The molecule has 3 nitrogen and oxygen atoms in total. The Bertz CT molecular complexity index is 564. The van der Waals surface area contributed by atoms with E-state index in [1.807, 2.05) is 43.3 Å². The summed E-state index contributed by atoms with van der Waals surface area (Å²) in [5, 5.41) is 0. The highest BCUT2D eigenvalue weighted by Crippen LogP contribution is 2.18. The number of hydroxylamine groups is 1. The average Bonchev–Trinajstić information content (AvgIpc) is 2.42. The van der Waals surface area contributed by atoms with E-state index in [1.165, 1.54) is 12.7 Å². The van der Waals surface area contributed by atoms with Crippen molar-refractivity contribution >= 4 is 5.91 Å². The van der Waals surface area contributed by atoms with E-state index in [1.54, 1.807) is 0 Å². The van der Waals surface area contributed by atoms with Crippen molar-refractivity contribution in [2.24, 2.45) is 0 Å². The monoisotopic (exact) mass is 255 g/mol. The molecule has 0 aliphatic heterocycles. The molecule has 0 fully saturated rings. The van der Waals surface area contributed by atoms with Gasteiger partial charge in [-0.2, -0.15) is 0 Å². The normalized spacial score (nSPS) is 10.2. The number of benzene rings is 2. The van der Waals surface area contributed by atoms with Crippen LogP contribution in [0.15, 0.2) is 48.5 Å². The van der Waals surface area contributed by atoms with Crippen LogP contribution in [0.1, 0.15) is 27.0 Å². The Morgan fingerprint density at radius 1 is 1.11 bits per heavy atom. The van der Waals surface area contributed by atoms with Gasteiger partial charge in [-0.1, -0.05) is 42.5 Å². The number of amides is 1. The SMILES string of the molecule is CONC(=O)c1cccc(C)c1Cc1ccccc1. The highest BCUT2D eigenvalue weighted by molar-refractivity contribution is 5.95. The Hall–Kier alpha value is -2.13. The molecule has 3 heteroatoms. The summed E-state index contributed by atoms with van der Waals surface area (Å²) in [6.07, 6.45) is 0.736. The lowest BCUT2D eigenvalue weighted by molar-refractivity contribution is 0.0536. The van der Waals surface area contributed by atoms with Crippen LogP contribution in [0.4, 0.5) is 0 Å². The van der Waals surface area contributed by atoms with Gasteiger partial charge in [0.2, 0.25) is 0 Å². The second-order valence-electron chi connectivity index (χ2n) is 4.40. The molecular formula is C16H17NO2. The van der Waals surface area contributed by atoms with Gasteiger partial charge in [0.15, 0.2) is 0 Å². The summed E-state index contributed by atoms with van der Waals surface area (Å²) in [6, 6.07) is 15.8. The molecule has 0 aliphatic carbocycles. The first kappa shape index (κ1) is 13.3. The van der Waals surface area contributed by atoms with Gasteiger partial charge in [-0.15, -0.1) is 0 Å². The van der Waals surface area contributed by atoms with Crippen molar-refractivity contribution < 1.29 is 9.63 Å². The smallest absolute Gasteiger partial charge is 0.275 e. The van der Waals surface area contributed by atoms with Crippen molar-refractivity contribution in [1.82, 2.24) is 5.48 Å². The minimum atomic E-state index is -0.211. The molecule has 2 rings (SSSR count). The molecule has 0 saturated carbocycles. The van der Waals surface area contributed by atoms with Crippen molar-refractivity contribution in [1.29, 1.82) is 0 Å². The van der Waals surface area contributed by atoms with Crippen LogP contribution < -0.4 is 5.48 Å². The molecule has 0 atom stereocenters. The minimum Gasteiger partial charge on any atom is -0.277 e. The Morgan fingerprint density at radius 3 is 2.53 bits per heavy atom. The minimum absolute atomic E-state index is 0.211. The van der Waals surface area contributed by atoms with Gasteiger partial charge >= 0.3 is 0 Å². The third-order valence-corrected chi connectivity index (χ3v) is 3.07. The molecule has 0 unspecified atom stereocenters. The Kier molecular flexibility index (Phi) is 4.31. The lowest BCUT2D eigenvalue weighted by Gasteiger charge is -2.12. The molecule has 19 heavy (non-hydrogen) atoms. The number of rotatable bonds is 4. The zero-order valence-electron chi connectivity index (χ0n) is 11.1. The number of hydrogen-bond acceptors (Lipinski definition) is 2. The number of hydrogen-bond donors (Lipinski definition) is 1. The zero-order valence-corrected chi connectivity index (χ0v) is 11.1. The van der Waals surface area contributed by atoms with Crippen molar-refractivity contribution in [2.45, 2.75) is 13.3 Å². The van der Waals surface area contributed by atoms with Crippen molar-refractivity contribution in [3.05, 3.63) is 70.8 Å². The lowest BCUT2D eigenvalue weighted by Crippen LogP contribution is -2.23. The molecule has 2 aromatic rings. The molecule has 0 bridgehead atoms. The van der Waals surface area contributed by atoms with E-state index < -0.39 is 0 Å². The molecule has 0 radical (unpaired) electrons. The van der Waals surface area contributed by atoms with Gasteiger partial charge in [0.25, 0.3) is 5.91 Å². The topological polar surface area (TPSA) is 38.3 Å². The third-order valence-electron chi connectivity index (χ3n) is 3.07. The highest BCUT2D eigenvalue weighted by atomic mass is 16.6. The number of nitrogens with one attached hydrogen (secondary N) is 1. The Labute approximate surface area is 113 Å². The van der Waals surface area contributed by atoms with Crippen LogP contribution in [0.2, 0.25) is 0 Å². The fourth-order valence-corrected chi connectivity index (χ4v) is 2.10. The second kappa shape index (κ2) is 6.16. The maximum Gasteiger partial charge on any atom is 0.275 e. The van der Waals surface area contributed by atoms with E-state index in [0.29, 0.717) is 5.56 Å². The Balaban J connectivity index is 2.36. The largest absolute Gasteiger partial charge is 0.277 e. The number of carbonyl (C=O) groups excluding carboxylic acids is 1. The van der Waals surface area contributed by atoms with Crippen LogP contribution in [0.5, 0.6) is 0 Å². The molecule has 0 heterocycles. The number of aryl methyl sites for hydroxylation is 1. The average molecular weight is 255 g/mol. The summed E-state index contributed by atoms with van der Waals surface area (Å²) < 4.78 is 0. The van der Waals surface area contributed by atoms with E-state index in [9.17, 15) is 4.79 Å². The van der Waals surface area contributed by atoms with Gasteiger partial charge in [0.1, 0.15) is 0 Å². The molecule has 0 aromatic heterocycles. The summed E-state index contributed by atoms with van der Waals surface area (Å²) >= 11 is 0. The van der Waals surface area contributed by atoms with Crippen LogP contribution >= 0.6 is 0 Å². The zero-order chi connectivity index (χ0) is 13.7. The fourth-order valence-electron chi connectivity index (χ4n) is 2.10. The summed E-state index contributed by atoms with van der Waals surface area (Å²) in [5.74, 6) is -0.211. The summed E-state index contributed by atoms with van der Waals surface area (Å²) in [4.78, 5) is 16.7. The van der Waals surface area contributed by atoms with E-state index in [-0.39, 0.29) is 5.91 Å². The molecule has 0 spiro atoms. The summed E-state index contributed by atoms with van der Waals surface area (Å²) in [7, 11) is 1.44. The van der Waals surface area contributed by atoms with Crippen LogP contribution in [0.25, 0.3) is 0 Å². The van der Waals surface area contributed by atoms with Crippen molar-refractivity contribution in [3.63, 3.8) is 0 Å². The molecular weight excluding hydrogens is 238 g/mol. The van der Waals surface area contributed by atoms with Gasteiger partial charge in [-0.3, -0.25) is 9.63 Å². The molecule has 1 N–H and O–H groups in total. The van der Waals surface area contributed by atoms with Crippen molar-refractivity contribution in [3.8, 4) is 0 Å². The summed E-state index contributed by atoms with van der Waals surface area (Å²) in [5.41, 5.74) is 6.35. The number of carbonyl (C=O) groups is 1. The van der Waals surface area contributed by atoms with Gasteiger partial charge < -0.3 is 0 Å². The predicted molar refractivity (Wildman–Crippen MR) is 74.9 cm³/mol. The van der Waals surface area contributed by atoms with Gasteiger partial charge in [-0.25, -0.2) is 5.48 Å². The molecule has 0 aliphatic rings. The standard InChI is InChI=1S/C16H17NO2/c1-12-7-6-10-14(16(18)17-19-2)15(12)11-13-8-4-3-5-9-13/h3-10H,11H2,1-2H3,(H,17,18). The highest BCUT2D eigenvalue weighted by Gasteiger charge is 2.13. The summed E-state index contributed by atoms with van der Waals surface area (Å²) in [6.45, 7) is 2.02. The first-order valence-electron chi connectivity index (χ1n) is 6.18. The van der Waals surface area contributed by atoms with Crippen molar-refractivity contribution in [2.75, 3.05) is 7.11 Å². The van der Waals surface area contributed by atoms with Crippen LogP contribution in [0.3, 0.4) is 0 Å². The first-order chi connectivity index (χ1) is 9.22. The molecule has 2 aromatic carbocycles. The van der Waals surface area contributed by atoms with Crippen LogP contribution in [0, 0.1) is 6.92 Å².